The highest BCUT2D eigenvalue weighted by Gasteiger charge is 2.28. The van der Waals surface area contributed by atoms with Crippen molar-refractivity contribution in [3.05, 3.63) is 78.4 Å². The molecule has 0 aliphatic heterocycles. The van der Waals surface area contributed by atoms with Gasteiger partial charge in [-0.25, -0.2) is 9.59 Å². The van der Waals surface area contributed by atoms with Gasteiger partial charge in [-0.1, -0.05) is 24.3 Å². The maximum atomic E-state index is 11.3. The number of hydrogen-bond donors (Lipinski definition) is 2. The lowest BCUT2D eigenvalue weighted by molar-refractivity contribution is -0.621. The number of aromatic carboxylic acids is 1. The van der Waals surface area contributed by atoms with Crippen molar-refractivity contribution in [3.8, 4) is 16.9 Å². The summed E-state index contributed by atoms with van der Waals surface area (Å²) < 4.78 is 17.1. The molecule has 0 aromatic heterocycles. The van der Waals surface area contributed by atoms with E-state index in [9.17, 15) is 49.8 Å². The van der Waals surface area contributed by atoms with Crippen LogP contribution in [0.4, 0.5) is 5.69 Å². The van der Waals surface area contributed by atoms with Crippen LogP contribution in [0.3, 0.4) is 0 Å². The number of nitro groups is 3. The molecule has 0 saturated carbocycles. The minimum Gasteiger partial charge on any atom is -0.496 e. The van der Waals surface area contributed by atoms with Crippen LogP contribution >= 0.6 is 0 Å². The minimum atomic E-state index is -1.94. The summed E-state index contributed by atoms with van der Waals surface area (Å²) in [4.78, 5) is 58.6. The first-order valence-corrected chi connectivity index (χ1v) is 9.66. The number of carbonyl (C=O) groups excluding carboxylic acids is 1. The van der Waals surface area contributed by atoms with Crippen LogP contribution in [0.2, 0.25) is 0 Å². The molecule has 2 aromatic rings. The molecule has 2 rings (SSSR count). The zero-order chi connectivity index (χ0) is 29.4. The first-order valence-electron chi connectivity index (χ1n) is 9.66. The van der Waals surface area contributed by atoms with Gasteiger partial charge in [0, 0.05) is 25.8 Å². The summed E-state index contributed by atoms with van der Waals surface area (Å²) in [6.45, 7) is -0.0447. The fourth-order valence-corrected chi connectivity index (χ4v) is 2.52. The molecular weight excluding hydrogens is 522 g/mol. The summed E-state index contributed by atoms with van der Waals surface area (Å²) >= 11 is 0. The van der Waals surface area contributed by atoms with Crippen LogP contribution in [0.5, 0.6) is 5.75 Å². The number of carboxylic acid groups (broad SMARTS) is 2. The van der Waals surface area contributed by atoms with Gasteiger partial charge in [0.15, 0.2) is 0 Å². The predicted molar refractivity (Wildman–Crippen MR) is 122 cm³/mol. The van der Waals surface area contributed by atoms with Crippen LogP contribution in [-0.2, 0) is 23.8 Å². The molecule has 18 heteroatoms. The van der Waals surface area contributed by atoms with Crippen molar-refractivity contribution in [2.45, 2.75) is 12.6 Å². The fourth-order valence-electron chi connectivity index (χ4n) is 2.52. The SMILES string of the molecule is COC(C(=O)O)[N+](=O)[O-].COC(OC=O)[N+](=O)[O-].COc1ccccc1-c1c(C(=O)O)cccc1[N+](=O)[O-]. The molecule has 2 N–H and O–H groups in total. The molecule has 0 bridgehead atoms. The number of benzene rings is 2. The van der Waals surface area contributed by atoms with Gasteiger partial charge in [-0.3, -0.25) is 39.9 Å². The van der Waals surface area contributed by atoms with Gasteiger partial charge in [0.2, 0.25) is 0 Å². The molecule has 0 spiro atoms. The lowest BCUT2D eigenvalue weighted by Gasteiger charge is -2.11. The average Bonchev–Trinajstić information content (AvgIpc) is 2.87. The highest BCUT2D eigenvalue weighted by molar-refractivity contribution is 6.00. The molecule has 38 heavy (non-hydrogen) atoms. The third-order valence-electron chi connectivity index (χ3n) is 4.02. The summed E-state index contributed by atoms with van der Waals surface area (Å²) in [6.07, 6.45) is -3.62. The topological polar surface area (TPSA) is 258 Å². The van der Waals surface area contributed by atoms with Gasteiger partial charge >= 0.3 is 24.6 Å². The molecule has 0 heterocycles. The van der Waals surface area contributed by atoms with Gasteiger partial charge < -0.3 is 24.4 Å². The van der Waals surface area contributed by atoms with Crippen molar-refractivity contribution >= 4 is 24.1 Å². The Morgan fingerprint density at radius 2 is 1.50 bits per heavy atom. The van der Waals surface area contributed by atoms with E-state index < -0.39 is 39.4 Å². The van der Waals surface area contributed by atoms with Crippen LogP contribution in [0.25, 0.3) is 11.1 Å². The molecule has 2 atom stereocenters. The number of nitrogens with zero attached hydrogens (tertiary/aromatic N) is 3. The minimum absolute atomic E-state index is 0.0439. The lowest BCUT2D eigenvalue weighted by Crippen LogP contribution is -2.30. The van der Waals surface area contributed by atoms with Gasteiger partial charge in [0.25, 0.3) is 12.2 Å². The fraction of sp³-hybridized carbons (Fsp3) is 0.250. The van der Waals surface area contributed by atoms with E-state index in [4.69, 9.17) is 9.84 Å². The number of nitro benzene ring substituents is 1. The Morgan fingerprint density at radius 1 is 0.895 bits per heavy atom. The molecule has 18 nitrogen and oxygen atoms in total. The maximum absolute atomic E-state index is 11.3. The lowest BCUT2D eigenvalue weighted by atomic mass is 9.97. The van der Waals surface area contributed by atoms with Gasteiger partial charge in [-0.05, 0) is 12.1 Å². The first kappa shape index (κ1) is 32.8. The van der Waals surface area contributed by atoms with Crippen molar-refractivity contribution < 1.29 is 58.3 Å². The summed E-state index contributed by atoms with van der Waals surface area (Å²) in [5, 5.41) is 47.7. The van der Waals surface area contributed by atoms with Crippen molar-refractivity contribution in [3.63, 3.8) is 0 Å². The second kappa shape index (κ2) is 16.4. The Bertz CT molecular complexity index is 1110. The Labute approximate surface area is 212 Å². The number of hydrogen-bond acceptors (Lipinski definition) is 13. The Balaban J connectivity index is 0.000000636. The number of methoxy groups -OCH3 is 3. The Kier molecular flexibility index (Phi) is 14.2. The summed E-state index contributed by atoms with van der Waals surface area (Å²) in [7, 11) is 3.45. The van der Waals surface area contributed by atoms with E-state index in [2.05, 4.69) is 14.2 Å². The first-order chi connectivity index (χ1) is 17.9. The number of para-hydroxylation sites is 1. The number of carboxylic acids is 2. The normalized spacial score (nSPS) is 11.1. The van der Waals surface area contributed by atoms with E-state index in [-0.39, 0.29) is 23.3 Å². The van der Waals surface area contributed by atoms with E-state index in [0.717, 1.165) is 14.2 Å². The van der Waals surface area contributed by atoms with Crippen molar-refractivity contribution in [2.24, 2.45) is 0 Å². The van der Waals surface area contributed by atoms with Crippen LogP contribution in [0.15, 0.2) is 42.5 Å². The maximum Gasteiger partial charge on any atom is 0.476 e. The van der Waals surface area contributed by atoms with E-state index in [1.54, 1.807) is 24.3 Å². The third kappa shape index (κ3) is 9.79. The van der Waals surface area contributed by atoms with E-state index in [1.807, 2.05) is 0 Å². The van der Waals surface area contributed by atoms with Gasteiger partial charge in [0.05, 0.1) is 33.0 Å². The van der Waals surface area contributed by atoms with E-state index >= 15 is 0 Å². The highest BCUT2D eigenvalue weighted by atomic mass is 16.8. The second-order valence-electron chi connectivity index (χ2n) is 6.23. The second-order valence-corrected chi connectivity index (χ2v) is 6.23. The molecule has 0 amide bonds. The van der Waals surface area contributed by atoms with Crippen LogP contribution in [0.1, 0.15) is 10.4 Å². The van der Waals surface area contributed by atoms with Crippen LogP contribution in [0, 0.1) is 30.3 Å². The van der Waals surface area contributed by atoms with Gasteiger partial charge in [0.1, 0.15) is 5.75 Å². The van der Waals surface area contributed by atoms with Crippen LogP contribution in [-0.4, -0.2) is 77.4 Å². The molecule has 0 saturated heterocycles. The largest absolute Gasteiger partial charge is 0.496 e. The number of rotatable bonds is 11. The monoisotopic (exact) mass is 543 g/mol. The molecule has 0 fully saturated rings. The molecular formula is C20H21N3O15. The molecule has 206 valence electrons. The van der Waals surface area contributed by atoms with Gasteiger partial charge in [-0.15, -0.1) is 0 Å². The molecule has 2 aromatic carbocycles. The van der Waals surface area contributed by atoms with Crippen molar-refractivity contribution in [2.75, 3.05) is 21.3 Å². The molecule has 0 radical (unpaired) electrons. The van der Waals surface area contributed by atoms with Crippen LogP contribution < -0.4 is 4.74 Å². The van der Waals surface area contributed by atoms with Crippen molar-refractivity contribution in [1.82, 2.24) is 0 Å². The zero-order valence-electron chi connectivity index (χ0n) is 19.8. The Hall–Kier alpha value is -5.23. The molecule has 0 aliphatic carbocycles. The third-order valence-corrected chi connectivity index (χ3v) is 4.02. The number of ether oxygens (including phenoxy) is 4. The average molecular weight is 543 g/mol. The summed E-state index contributed by atoms with van der Waals surface area (Å²) in [5.74, 6) is -2.44. The zero-order valence-corrected chi connectivity index (χ0v) is 19.8. The van der Waals surface area contributed by atoms with E-state index in [1.165, 1.54) is 25.3 Å². The summed E-state index contributed by atoms with van der Waals surface area (Å²) in [6, 6.07) is 10.5. The highest BCUT2D eigenvalue weighted by Crippen LogP contribution is 2.38. The van der Waals surface area contributed by atoms with Crippen molar-refractivity contribution in [1.29, 1.82) is 0 Å². The molecule has 0 aliphatic rings. The number of carbonyl (C=O) groups is 3. The Morgan fingerprint density at radius 3 is 1.84 bits per heavy atom. The predicted octanol–water partition coefficient (Wildman–Crippen LogP) is 1.65. The van der Waals surface area contributed by atoms with Gasteiger partial charge in [-0.2, -0.15) is 0 Å². The van der Waals surface area contributed by atoms with E-state index in [0.29, 0.717) is 11.3 Å². The quantitative estimate of drug-likeness (QED) is 0.177. The standard InChI is InChI=1S/C14H11NO5.2C3H5NO5/c1-20-12-8-3-2-5-9(12)13-10(14(16)17)6-4-7-11(13)15(18)19;1-8-3(4(6)7)9-2-5;1-9-2(3(5)6)4(7)8/h2-8H,1H3,(H,16,17);2-3H,1H3;2H,1H3,(H,5,6). The molecule has 2 unspecified atom stereocenters. The smallest absolute Gasteiger partial charge is 0.476 e. The summed E-state index contributed by atoms with van der Waals surface area (Å²) in [5.41, 5.74) is 0.0141. The number of aliphatic carboxylic acids is 1.